The van der Waals surface area contributed by atoms with Gasteiger partial charge in [-0.3, -0.25) is 0 Å². The molecular formula is C15H16ClFN2S. The van der Waals surface area contributed by atoms with Crippen molar-refractivity contribution < 1.29 is 4.39 Å². The van der Waals surface area contributed by atoms with Crippen LogP contribution < -0.4 is 5.73 Å². The topological polar surface area (TPSA) is 38.9 Å². The monoisotopic (exact) mass is 310 g/mol. The number of fused-ring (bicyclic) bond motifs is 1. The third-order valence-corrected chi connectivity index (χ3v) is 5.14. The highest BCUT2D eigenvalue weighted by molar-refractivity contribution is 7.15. The normalized spacial score (nSPS) is 20.8. The van der Waals surface area contributed by atoms with Gasteiger partial charge in [0.1, 0.15) is 10.8 Å². The SMILES string of the molecule is CC1(C)Cc2nc(-c3ccc(Cl)cc3F)sc2C(N)C1. The zero-order valence-electron chi connectivity index (χ0n) is 11.4. The minimum atomic E-state index is -0.337. The van der Waals surface area contributed by atoms with Gasteiger partial charge in [-0.15, -0.1) is 11.3 Å². The zero-order valence-corrected chi connectivity index (χ0v) is 13.0. The zero-order chi connectivity index (χ0) is 14.5. The number of rotatable bonds is 1. The van der Waals surface area contributed by atoms with E-state index in [0.717, 1.165) is 23.4 Å². The minimum absolute atomic E-state index is 0.00429. The van der Waals surface area contributed by atoms with Crippen molar-refractivity contribution in [1.82, 2.24) is 4.98 Å². The van der Waals surface area contributed by atoms with E-state index in [2.05, 4.69) is 18.8 Å². The van der Waals surface area contributed by atoms with Gasteiger partial charge in [-0.05, 0) is 36.5 Å². The first-order valence-corrected chi connectivity index (χ1v) is 7.76. The van der Waals surface area contributed by atoms with E-state index in [1.807, 2.05) is 0 Å². The van der Waals surface area contributed by atoms with Crippen LogP contribution in [-0.2, 0) is 6.42 Å². The molecule has 106 valence electrons. The van der Waals surface area contributed by atoms with Crippen molar-refractivity contribution in [1.29, 1.82) is 0 Å². The predicted octanol–water partition coefficient (Wildman–Crippen LogP) is 4.57. The number of benzene rings is 1. The lowest BCUT2D eigenvalue weighted by atomic mass is 9.77. The molecule has 0 aliphatic heterocycles. The van der Waals surface area contributed by atoms with Crippen LogP contribution in [-0.4, -0.2) is 4.98 Å². The first-order valence-electron chi connectivity index (χ1n) is 6.56. The van der Waals surface area contributed by atoms with Crippen LogP contribution in [0.2, 0.25) is 5.02 Å². The Kier molecular flexibility index (Phi) is 3.35. The average molecular weight is 311 g/mol. The van der Waals surface area contributed by atoms with Crippen LogP contribution in [0.25, 0.3) is 10.6 Å². The highest BCUT2D eigenvalue weighted by Gasteiger charge is 2.33. The van der Waals surface area contributed by atoms with Crippen molar-refractivity contribution >= 4 is 22.9 Å². The quantitative estimate of drug-likeness (QED) is 0.837. The molecule has 1 aliphatic rings. The Balaban J connectivity index is 2.06. The molecule has 0 saturated carbocycles. The molecule has 3 rings (SSSR count). The van der Waals surface area contributed by atoms with Gasteiger partial charge in [0.2, 0.25) is 0 Å². The molecule has 2 N–H and O–H groups in total. The largest absolute Gasteiger partial charge is 0.323 e. The Morgan fingerprint density at radius 1 is 1.45 bits per heavy atom. The molecule has 0 fully saturated rings. The van der Waals surface area contributed by atoms with E-state index in [1.54, 1.807) is 12.1 Å². The Morgan fingerprint density at radius 2 is 2.20 bits per heavy atom. The van der Waals surface area contributed by atoms with Crippen molar-refractivity contribution in [2.45, 2.75) is 32.7 Å². The highest BCUT2D eigenvalue weighted by atomic mass is 35.5. The molecule has 0 spiro atoms. The molecular weight excluding hydrogens is 295 g/mol. The molecule has 1 aromatic heterocycles. The number of aromatic nitrogens is 1. The van der Waals surface area contributed by atoms with Crippen LogP contribution in [0.15, 0.2) is 18.2 Å². The number of halogens is 2. The number of thiazole rings is 1. The smallest absolute Gasteiger partial charge is 0.134 e. The summed E-state index contributed by atoms with van der Waals surface area (Å²) in [5.41, 5.74) is 7.90. The van der Waals surface area contributed by atoms with Gasteiger partial charge in [0, 0.05) is 21.5 Å². The van der Waals surface area contributed by atoms with Gasteiger partial charge in [-0.2, -0.15) is 0 Å². The summed E-state index contributed by atoms with van der Waals surface area (Å²) < 4.78 is 14.0. The molecule has 1 atom stereocenters. The van der Waals surface area contributed by atoms with Crippen molar-refractivity contribution in [2.24, 2.45) is 11.1 Å². The second-order valence-corrected chi connectivity index (χ2v) is 7.57. The molecule has 0 amide bonds. The summed E-state index contributed by atoms with van der Waals surface area (Å²) in [6.07, 6.45) is 1.83. The summed E-state index contributed by atoms with van der Waals surface area (Å²) in [4.78, 5) is 5.70. The molecule has 0 saturated heterocycles. The highest BCUT2D eigenvalue weighted by Crippen LogP contribution is 2.44. The van der Waals surface area contributed by atoms with E-state index in [4.69, 9.17) is 17.3 Å². The summed E-state index contributed by atoms with van der Waals surface area (Å²) in [7, 11) is 0. The maximum atomic E-state index is 14.0. The van der Waals surface area contributed by atoms with Gasteiger partial charge in [0.05, 0.1) is 5.69 Å². The molecule has 2 nitrogen and oxygen atoms in total. The van der Waals surface area contributed by atoms with Gasteiger partial charge in [0.25, 0.3) is 0 Å². The maximum Gasteiger partial charge on any atom is 0.134 e. The molecule has 0 radical (unpaired) electrons. The summed E-state index contributed by atoms with van der Waals surface area (Å²) in [6, 6.07) is 4.68. The molecule has 20 heavy (non-hydrogen) atoms. The Labute approximate surface area is 126 Å². The lowest BCUT2D eigenvalue weighted by Crippen LogP contribution is -2.28. The third kappa shape index (κ3) is 2.48. The summed E-state index contributed by atoms with van der Waals surface area (Å²) in [6.45, 7) is 4.38. The van der Waals surface area contributed by atoms with Crippen molar-refractivity contribution in [3.05, 3.63) is 39.6 Å². The Morgan fingerprint density at radius 3 is 2.90 bits per heavy atom. The molecule has 5 heteroatoms. The summed E-state index contributed by atoms with van der Waals surface area (Å²) in [5.74, 6) is -0.337. The summed E-state index contributed by atoms with van der Waals surface area (Å²) >= 11 is 7.29. The van der Waals surface area contributed by atoms with E-state index < -0.39 is 0 Å². The van der Waals surface area contributed by atoms with Crippen molar-refractivity contribution in [3.63, 3.8) is 0 Å². The molecule has 0 bridgehead atoms. The van der Waals surface area contributed by atoms with Gasteiger partial charge < -0.3 is 5.73 Å². The van der Waals surface area contributed by atoms with Gasteiger partial charge in [0.15, 0.2) is 0 Å². The molecule has 1 aromatic carbocycles. The number of hydrogen-bond acceptors (Lipinski definition) is 3. The second-order valence-electron chi connectivity index (χ2n) is 6.11. The van der Waals surface area contributed by atoms with Crippen LogP contribution in [0, 0.1) is 11.2 Å². The molecule has 1 unspecified atom stereocenters. The lowest BCUT2D eigenvalue weighted by Gasteiger charge is -2.32. The second kappa shape index (κ2) is 4.79. The Bertz CT molecular complexity index is 666. The van der Waals surface area contributed by atoms with E-state index in [1.165, 1.54) is 17.4 Å². The lowest BCUT2D eigenvalue weighted by molar-refractivity contribution is 0.282. The Hall–Kier alpha value is -0.970. The van der Waals surface area contributed by atoms with Crippen molar-refractivity contribution in [3.8, 4) is 10.6 Å². The van der Waals surface area contributed by atoms with Crippen molar-refractivity contribution in [2.75, 3.05) is 0 Å². The van der Waals surface area contributed by atoms with Crippen LogP contribution >= 0.6 is 22.9 Å². The number of nitrogens with two attached hydrogens (primary N) is 1. The van der Waals surface area contributed by atoms with E-state index in [9.17, 15) is 4.39 Å². The van der Waals surface area contributed by atoms with E-state index >= 15 is 0 Å². The van der Waals surface area contributed by atoms with Gasteiger partial charge >= 0.3 is 0 Å². The average Bonchev–Trinajstić information content (AvgIpc) is 2.70. The minimum Gasteiger partial charge on any atom is -0.323 e. The standard InChI is InChI=1S/C15H16ClFN2S/c1-15(2)6-11(18)13-12(7-15)19-14(20-13)9-4-3-8(16)5-10(9)17/h3-5,11H,6-7,18H2,1-2H3. The fourth-order valence-electron chi connectivity index (χ4n) is 2.77. The molecule has 2 aromatic rings. The van der Waals surface area contributed by atoms with E-state index in [-0.39, 0.29) is 17.3 Å². The van der Waals surface area contributed by atoms with Crippen LogP contribution in [0.4, 0.5) is 4.39 Å². The van der Waals surface area contributed by atoms with Crippen LogP contribution in [0.5, 0.6) is 0 Å². The molecule has 1 aliphatic carbocycles. The molecule has 1 heterocycles. The maximum absolute atomic E-state index is 14.0. The number of hydrogen-bond donors (Lipinski definition) is 1. The van der Waals surface area contributed by atoms with Gasteiger partial charge in [-0.1, -0.05) is 25.4 Å². The fourth-order valence-corrected chi connectivity index (χ4v) is 4.04. The van der Waals surface area contributed by atoms with E-state index in [0.29, 0.717) is 15.6 Å². The number of nitrogens with zero attached hydrogens (tertiary/aromatic N) is 1. The summed E-state index contributed by atoms with van der Waals surface area (Å²) in [5, 5.41) is 1.09. The fraction of sp³-hybridized carbons (Fsp3) is 0.400. The third-order valence-electron chi connectivity index (χ3n) is 3.64. The predicted molar refractivity (Wildman–Crippen MR) is 81.5 cm³/mol. The van der Waals surface area contributed by atoms with Crippen LogP contribution in [0.3, 0.4) is 0 Å². The first-order chi connectivity index (χ1) is 9.35. The first kappa shape index (κ1) is 14.0. The van der Waals surface area contributed by atoms with Gasteiger partial charge in [-0.25, -0.2) is 9.37 Å². The van der Waals surface area contributed by atoms with Crippen LogP contribution in [0.1, 0.15) is 36.9 Å².